The second kappa shape index (κ2) is 9.02. The smallest absolute Gasteiger partial charge is 0.388 e. The number of aromatic nitrogens is 1. The largest absolute Gasteiger partial charge is 0.416 e. The maximum Gasteiger partial charge on any atom is 0.416 e. The molecule has 0 unspecified atom stereocenters. The Morgan fingerprint density at radius 1 is 1.08 bits per heavy atom. The number of benzene rings is 1. The molecule has 2 atom stereocenters. The molecular formula is C29H35F4NO3. The standard InChI is InChI=1S/C28H31F4NO3.CH4/c1-15(2)24-22-23(21-19(33-24)13-26(6-3-7-26)14-20(21)34)27(8-10-35-11-9-27)36-25(22)17-5-4-16(12-18(17)29)28(30,31)32;/h4-5,12,15,20,25,34H,3,6-11,13-14H2,1-2H3;1H4/t20-,25+;/m0./s1. The van der Waals surface area contributed by atoms with Crippen molar-refractivity contribution in [3.8, 4) is 0 Å². The molecule has 202 valence electrons. The Bertz CT molecular complexity index is 1200. The molecule has 2 spiro atoms. The molecule has 0 radical (unpaired) electrons. The molecule has 4 aliphatic rings. The quantitative estimate of drug-likeness (QED) is 0.422. The van der Waals surface area contributed by atoms with Crippen molar-refractivity contribution >= 4 is 0 Å². The molecule has 6 rings (SSSR count). The van der Waals surface area contributed by atoms with Crippen molar-refractivity contribution in [2.45, 2.75) is 96.1 Å². The zero-order valence-corrected chi connectivity index (χ0v) is 20.6. The van der Waals surface area contributed by atoms with E-state index < -0.39 is 35.4 Å². The number of nitrogens with zero attached hydrogens (tertiary/aromatic N) is 1. The van der Waals surface area contributed by atoms with Crippen LogP contribution in [0.25, 0.3) is 0 Å². The maximum atomic E-state index is 15.3. The fourth-order valence-corrected chi connectivity index (χ4v) is 6.92. The Morgan fingerprint density at radius 2 is 1.78 bits per heavy atom. The van der Waals surface area contributed by atoms with Crippen molar-refractivity contribution in [3.05, 3.63) is 63.2 Å². The van der Waals surface area contributed by atoms with Gasteiger partial charge in [0.15, 0.2) is 0 Å². The first-order valence-corrected chi connectivity index (χ1v) is 12.9. The molecule has 1 aromatic heterocycles. The number of hydrogen-bond acceptors (Lipinski definition) is 4. The lowest BCUT2D eigenvalue weighted by Crippen LogP contribution is -2.40. The normalized spacial score (nSPS) is 25.5. The number of aliphatic hydroxyl groups excluding tert-OH is 1. The van der Waals surface area contributed by atoms with E-state index in [0.29, 0.717) is 44.1 Å². The SMILES string of the molecule is C.CC(C)c1nc2c(c3c1[C@@H](c1ccc(C(F)(F)F)cc1F)OC31CCOCC1)[C@@H](O)CC1(CCC1)C2. The van der Waals surface area contributed by atoms with Crippen molar-refractivity contribution in [1.82, 2.24) is 4.98 Å². The monoisotopic (exact) mass is 521 g/mol. The number of alkyl halides is 3. The lowest BCUT2D eigenvalue weighted by Gasteiger charge is -2.48. The molecular weight excluding hydrogens is 486 g/mol. The molecule has 1 saturated carbocycles. The van der Waals surface area contributed by atoms with Crippen molar-refractivity contribution < 1.29 is 32.1 Å². The van der Waals surface area contributed by atoms with E-state index in [4.69, 9.17) is 14.5 Å². The fourth-order valence-electron chi connectivity index (χ4n) is 6.92. The molecule has 8 heteroatoms. The van der Waals surface area contributed by atoms with E-state index in [1.54, 1.807) is 0 Å². The second-order valence-corrected chi connectivity index (χ2v) is 11.4. The van der Waals surface area contributed by atoms with Crippen LogP contribution in [0.15, 0.2) is 18.2 Å². The maximum absolute atomic E-state index is 15.3. The van der Waals surface area contributed by atoms with Gasteiger partial charge in [0.25, 0.3) is 0 Å². The minimum Gasteiger partial charge on any atom is -0.388 e. The molecule has 2 aliphatic carbocycles. The highest BCUT2D eigenvalue weighted by molar-refractivity contribution is 5.54. The summed E-state index contributed by atoms with van der Waals surface area (Å²) < 4.78 is 67.4. The van der Waals surface area contributed by atoms with Crippen molar-refractivity contribution in [2.75, 3.05) is 13.2 Å². The molecule has 4 nitrogen and oxygen atoms in total. The zero-order valence-electron chi connectivity index (χ0n) is 20.6. The summed E-state index contributed by atoms with van der Waals surface area (Å²) >= 11 is 0. The van der Waals surface area contributed by atoms with Gasteiger partial charge in [-0.3, -0.25) is 4.98 Å². The minimum atomic E-state index is -4.64. The van der Waals surface area contributed by atoms with E-state index in [0.717, 1.165) is 54.3 Å². The van der Waals surface area contributed by atoms with Gasteiger partial charge in [-0.25, -0.2) is 4.39 Å². The van der Waals surface area contributed by atoms with Crippen LogP contribution in [0, 0.1) is 11.2 Å². The van der Waals surface area contributed by atoms with E-state index >= 15 is 4.39 Å². The molecule has 0 amide bonds. The van der Waals surface area contributed by atoms with Crippen LogP contribution in [-0.2, 0) is 27.7 Å². The lowest BCUT2D eigenvalue weighted by atomic mass is 9.58. The van der Waals surface area contributed by atoms with E-state index in [2.05, 4.69) is 0 Å². The van der Waals surface area contributed by atoms with E-state index in [1.165, 1.54) is 6.07 Å². The Balaban J connectivity index is 0.00000280. The third-order valence-electron chi connectivity index (χ3n) is 8.82. The number of fused-ring (bicyclic) bond motifs is 4. The van der Waals surface area contributed by atoms with Crippen molar-refractivity contribution in [1.29, 1.82) is 0 Å². The highest BCUT2D eigenvalue weighted by atomic mass is 19.4. The molecule has 1 saturated heterocycles. The third-order valence-corrected chi connectivity index (χ3v) is 8.82. The molecule has 2 fully saturated rings. The Labute approximate surface area is 215 Å². The molecule has 2 aliphatic heterocycles. The summed E-state index contributed by atoms with van der Waals surface area (Å²) in [6, 6.07) is 2.64. The van der Waals surface area contributed by atoms with Gasteiger partial charge in [-0.05, 0) is 54.7 Å². The summed E-state index contributed by atoms with van der Waals surface area (Å²) in [5, 5.41) is 11.5. The average Bonchev–Trinajstić information content (AvgIpc) is 3.10. The van der Waals surface area contributed by atoms with Crippen molar-refractivity contribution in [3.63, 3.8) is 0 Å². The number of rotatable bonds is 2. The van der Waals surface area contributed by atoms with Gasteiger partial charge in [-0.1, -0.05) is 33.8 Å². The predicted molar refractivity (Wildman–Crippen MR) is 131 cm³/mol. The van der Waals surface area contributed by atoms with Crippen LogP contribution < -0.4 is 0 Å². The second-order valence-electron chi connectivity index (χ2n) is 11.4. The summed E-state index contributed by atoms with van der Waals surface area (Å²) in [6.45, 7) is 4.94. The summed E-state index contributed by atoms with van der Waals surface area (Å²) in [4.78, 5) is 5.08. The third kappa shape index (κ3) is 4.10. The van der Waals surface area contributed by atoms with Crippen LogP contribution in [-0.4, -0.2) is 23.3 Å². The topological polar surface area (TPSA) is 51.6 Å². The van der Waals surface area contributed by atoms with Crippen molar-refractivity contribution in [2.24, 2.45) is 5.41 Å². The summed E-state index contributed by atoms with van der Waals surface area (Å²) in [5.41, 5.74) is 2.40. The number of aliphatic hydroxyl groups is 1. The van der Waals surface area contributed by atoms with Crippen LogP contribution in [0.1, 0.15) is 117 Å². The Kier molecular flexibility index (Phi) is 6.48. The van der Waals surface area contributed by atoms with Crippen LogP contribution in [0.3, 0.4) is 0 Å². The predicted octanol–water partition coefficient (Wildman–Crippen LogP) is 7.27. The summed E-state index contributed by atoms with van der Waals surface area (Å²) in [7, 11) is 0. The molecule has 1 aromatic carbocycles. The number of halogens is 4. The van der Waals surface area contributed by atoms with Gasteiger partial charge >= 0.3 is 6.18 Å². The Hall–Kier alpha value is -2.03. The molecule has 1 N–H and O–H groups in total. The van der Waals surface area contributed by atoms with Crippen LogP contribution in [0.5, 0.6) is 0 Å². The van der Waals surface area contributed by atoms with Gasteiger partial charge in [-0.2, -0.15) is 13.2 Å². The van der Waals surface area contributed by atoms with Gasteiger partial charge < -0.3 is 14.6 Å². The van der Waals surface area contributed by atoms with E-state index in [9.17, 15) is 18.3 Å². The molecule has 2 aromatic rings. The van der Waals surface area contributed by atoms with E-state index in [-0.39, 0.29) is 24.3 Å². The van der Waals surface area contributed by atoms with Gasteiger partial charge in [-0.15, -0.1) is 0 Å². The van der Waals surface area contributed by atoms with Gasteiger partial charge in [0.1, 0.15) is 11.9 Å². The number of pyridine rings is 1. The highest BCUT2D eigenvalue weighted by Gasteiger charge is 2.54. The Morgan fingerprint density at radius 3 is 2.35 bits per heavy atom. The molecule has 3 heterocycles. The number of ether oxygens (including phenoxy) is 2. The fraction of sp³-hybridized carbons (Fsp3) is 0.621. The van der Waals surface area contributed by atoms with Gasteiger partial charge in [0.2, 0.25) is 0 Å². The summed E-state index contributed by atoms with van der Waals surface area (Å²) in [6.07, 6.45) is -0.389. The van der Waals surface area contributed by atoms with Crippen LogP contribution >= 0.6 is 0 Å². The first-order chi connectivity index (χ1) is 17.0. The first kappa shape index (κ1) is 26.6. The highest BCUT2D eigenvalue weighted by Crippen LogP contribution is 2.60. The number of hydrogen-bond donors (Lipinski definition) is 1. The summed E-state index contributed by atoms with van der Waals surface area (Å²) in [5.74, 6) is -0.967. The zero-order chi connectivity index (χ0) is 25.5. The van der Waals surface area contributed by atoms with Crippen LogP contribution in [0.4, 0.5) is 17.6 Å². The molecule has 37 heavy (non-hydrogen) atoms. The average molecular weight is 522 g/mol. The molecule has 0 bridgehead atoms. The first-order valence-electron chi connectivity index (χ1n) is 12.9. The minimum absolute atomic E-state index is 0. The van der Waals surface area contributed by atoms with Gasteiger partial charge in [0, 0.05) is 54.1 Å². The lowest BCUT2D eigenvalue weighted by molar-refractivity contribution is -0.138. The van der Waals surface area contributed by atoms with Gasteiger partial charge in [0.05, 0.1) is 17.3 Å². The van der Waals surface area contributed by atoms with E-state index in [1.807, 2.05) is 13.8 Å². The van der Waals surface area contributed by atoms with Crippen LogP contribution in [0.2, 0.25) is 0 Å².